The maximum absolute atomic E-state index is 12.0. The van der Waals surface area contributed by atoms with E-state index in [0.29, 0.717) is 5.69 Å². The molecule has 0 atom stereocenters. The molecule has 1 aromatic carbocycles. The lowest BCUT2D eigenvalue weighted by Crippen LogP contribution is -2.04. The summed E-state index contributed by atoms with van der Waals surface area (Å²) in [4.78, 5) is 11.2. The molecular formula is C10H8ClF2N5O. The number of anilines is 3. The summed E-state index contributed by atoms with van der Waals surface area (Å²) in [5.41, 5.74) is 5.96. The second-order valence-electron chi connectivity index (χ2n) is 3.31. The lowest BCUT2D eigenvalue weighted by Gasteiger charge is -2.07. The number of rotatable bonds is 4. The topological polar surface area (TPSA) is 86.0 Å². The third kappa shape index (κ3) is 3.88. The second-order valence-corrected chi connectivity index (χ2v) is 3.65. The summed E-state index contributed by atoms with van der Waals surface area (Å²) in [6.45, 7) is -2.86. The van der Waals surface area contributed by atoms with Crippen molar-refractivity contribution in [1.29, 1.82) is 0 Å². The van der Waals surface area contributed by atoms with Crippen LogP contribution < -0.4 is 15.8 Å². The molecule has 2 rings (SSSR count). The summed E-state index contributed by atoms with van der Waals surface area (Å²) >= 11 is 5.61. The minimum Gasteiger partial charge on any atom is -0.435 e. The van der Waals surface area contributed by atoms with Crippen molar-refractivity contribution in [3.05, 3.63) is 29.5 Å². The van der Waals surface area contributed by atoms with Crippen molar-refractivity contribution in [2.45, 2.75) is 6.61 Å². The first-order chi connectivity index (χ1) is 9.02. The van der Waals surface area contributed by atoms with Gasteiger partial charge in [-0.25, -0.2) is 0 Å². The Labute approximate surface area is 111 Å². The number of aromatic nitrogens is 3. The molecule has 1 heterocycles. The van der Waals surface area contributed by atoms with E-state index in [-0.39, 0.29) is 22.9 Å². The molecule has 0 aliphatic heterocycles. The Morgan fingerprint density at radius 3 is 2.42 bits per heavy atom. The van der Waals surface area contributed by atoms with Gasteiger partial charge in [-0.1, -0.05) is 0 Å². The first-order valence-electron chi connectivity index (χ1n) is 5.02. The monoisotopic (exact) mass is 287 g/mol. The van der Waals surface area contributed by atoms with E-state index >= 15 is 0 Å². The van der Waals surface area contributed by atoms with Crippen LogP contribution in [0.25, 0.3) is 0 Å². The molecule has 0 aliphatic rings. The van der Waals surface area contributed by atoms with E-state index in [1.165, 1.54) is 24.3 Å². The van der Waals surface area contributed by atoms with Crippen LogP contribution >= 0.6 is 11.6 Å². The van der Waals surface area contributed by atoms with Crippen molar-refractivity contribution < 1.29 is 13.5 Å². The van der Waals surface area contributed by atoms with E-state index in [1.807, 2.05) is 0 Å². The minimum atomic E-state index is -2.86. The van der Waals surface area contributed by atoms with E-state index < -0.39 is 6.61 Å². The lowest BCUT2D eigenvalue weighted by atomic mass is 10.3. The van der Waals surface area contributed by atoms with Crippen molar-refractivity contribution in [1.82, 2.24) is 15.0 Å². The van der Waals surface area contributed by atoms with Crippen LogP contribution in [0.3, 0.4) is 0 Å². The van der Waals surface area contributed by atoms with E-state index in [4.69, 9.17) is 17.3 Å². The number of nitrogen functional groups attached to an aromatic ring is 1. The van der Waals surface area contributed by atoms with Crippen LogP contribution in [0.15, 0.2) is 24.3 Å². The van der Waals surface area contributed by atoms with Gasteiger partial charge in [-0.3, -0.25) is 0 Å². The molecule has 1 aromatic heterocycles. The van der Waals surface area contributed by atoms with Crippen LogP contribution in [-0.2, 0) is 0 Å². The Bertz CT molecular complexity index is 546. The highest BCUT2D eigenvalue weighted by Crippen LogP contribution is 2.20. The quantitative estimate of drug-likeness (QED) is 0.898. The summed E-state index contributed by atoms with van der Waals surface area (Å²) in [5.74, 6) is 0.175. The molecule has 0 amide bonds. The van der Waals surface area contributed by atoms with E-state index in [9.17, 15) is 8.78 Å². The molecule has 0 spiro atoms. The van der Waals surface area contributed by atoms with Crippen molar-refractivity contribution in [3.8, 4) is 5.75 Å². The smallest absolute Gasteiger partial charge is 0.387 e. The van der Waals surface area contributed by atoms with Crippen LogP contribution in [0.1, 0.15) is 0 Å². The predicted molar refractivity (Wildman–Crippen MR) is 65.6 cm³/mol. The number of hydrogen-bond donors (Lipinski definition) is 2. The molecule has 3 N–H and O–H groups in total. The Kier molecular flexibility index (Phi) is 3.91. The number of alkyl halides is 2. The summed E-state index contributed by atoms with van der Waals surface area (Å²) in [7, 11) is 0. The third-order valence-corrected chi connectivity index (χ3v) is 2.13. The average molecular weight is 288 g/mol. The van der Waals surface area contributed by atoms with Crippen LogP contribution in [0.4, 0.5) is 26.4 Å². The van der Waals surface area contributed by atoms with Gasteiger partial charge in [0.25, 0.3) is 0 Å². The number of ether oxygens (including phenoxy) is 1. The second kappa shape index (κ2) is 5.61. The molecule has 100 valence electrons. The molecule has 0 unspecified atom stereocenters. The summed E-state index contributed by atoms with van der Waals surface area (Å²) < 4.78 is 28.1. The molecule has 0 saturated carbocycles. The maximum Gasteiger partial charge on any atom is 0.387 e. The Hall–Kier alpha value is -2.22. The molecule has 0 aliphatic carbocycles. The van der Waals surface area contributed by atoms with Crippen LogP contribution in [-0.4, -0.2) is 21.6 Å². The van der Waals surface area contributed by atoms with E-state index in [2.05, 4.69) is 25.0 Å². The number of nitrogens with one attached hydrogen (secondary N) is 1. The number of hydrogen-bond acceptors (Lipinski definition) is 6. The number of benzene rings is 1. The summed E-state index contributed by atoms with van der Waals surface area (Å²) in [5, 5.41) is 2.75. The Morgan fingerprint density at radius 1 is 1.16 bits per heavy atom. The predicted octanol–water partition coefficient (Wildman–Crippen LogP) is 2.45. The highest BCUT2D eigenvalue weighted by Gasteiger charge is 2.05. The largest absolute Gasteiger partial charge is 0.435 e. The maximum atomic E-state index is 12.0. The van der Waals surface area contributed by atoms with Gasteiger partial charge in [-0.05, 0) is 35.9 Å². The lowest BCUT2D eigenvalue weighted by molar-refractivity contribution is -0.0498. The fourth-order valence-corrected chi connectivity index (χ4v) is 1.44. The minimum absolute atomic E-state index is 0.0276. The molecule has 2 aromatic rings. The average Bonchev–Trinajstić information content (AvgIpc) is 2.29. The molecule has 0 radical (unpaired) electrons. The van der Waals surface area contributed by atoms with Crippen LogP contribution in [0.2, 0.25) is 5.28 Å². The van der Waals surface area contributed by atoms with Gasteiger partial charge in [0.15, 0.2) is 0 Å². The first kappa shape index (κ1) is 13.2. The zero-order valence-corrected chi connectivity index (χ0v) is 10.1. The number of nitrogens with two attached hydrogens (primary N) is 1. The zero-order valence-electron chi connectivity index (χ0n) is 9.35. The summed E-state index contributed by atoms with van der Waals surface area (Å²) in [6, 6.07) is 5.79. The SMILES string of the molecule is Nc1nc(Cl)nc(Nc2ccc(OC(F)F)cc2)n1. The molecule has 0 bridgehead atoms. The molecule has 6 nitrogen and oxygen atoms in total. The fourth-order valence-electron chi connectivity index (χ4n) is 1.27. The zero-order chi connectivity index (χ0) is 13.8. The third-order valence-electron chi connectivity index (χ3n) is 1.96. The van der Waals surface area contributed by atoms with Crippen molar-refractivity contribution >= 4 is 29.2 Å². The van der Waals surface area contributed by atoms with E-state index in [1.54, 1.807) is 0 Å². The number of halogens is 3. The van der Waals surface area contributed by atoms with Gasteiger partial charge >= 0.3 is 6.61 Å². The first-order valence-corrected chi connectivity index (χ1v) is 5.39. The van der Waals surface area contributed by atoms with Gasteiger partial charge in [0, 0.05) is 5.69 Å². The fraction of sp³-hybridized carbons (Fsp3) is 0.100. The Morgan fingerprint density at radius 2 is 1.84 bits per heavy atom. The van der Waals surface area contributed by atoms with Gasteiger partial charge in [-0.15, -0.1) is 0 Å². The van der Waals surface area contributed by atoms with Gasteiger partial charge in [0.05, 0.1) is 0 Å². The molecule has 0 saturated heterocycles. The van der Waals surface area contributed by atoms with Crippen molar-refractivity contribution in [2.24, 2.45) is 0 Å². The highest BCUT2D eigenvalue weighted by molar-refractivity contribution is 6.28. The molecule has 9 heteroatoms. The molecule has 19 heavy (non-hydrogen) atoms. The standard InChI is InChI=1S/C10H8ClF2N5O/c11-7-16-9(14)18-10(17-7)15-5-1-3-6(4-2-5)19-8(12)13/h1-4,8H,(H3,14,15,16,17,18). The highest BCUT2D eigenvalue weighted by atomic mass is 35.5. The van der Waals surface area contributed by atoms with Gasteiger partial charge < -0.3 is 15.8 Å². The Balaban J connectivity index is 2.10. The van der Waals surface area contributed by atoms with Crippen LogP contribution in [0, 0.1) is 0 Å². The normalized spacial score (nSPS) is 10.5. The van der Waals surface area contributed by atoms with E-state index in [0.717, 1.165) is 0 Å². The van der Waals surface area contributed by atoms with Gasteiger partial charge in [-0.2, -0.15) is 23.7 Å². The van der Waals surface area contributed by atoms with Gasteiger partial charge in [0.1, 0.15) is 5.75 Å². The van der Waals surface area contributed by atoms with Crippen LogP contribution in [0.5, 0.6) is 5.75 Å². The number of nitrogens with zero attached hydrogens (tertiary/aromatic N) is 3. The van der Waals surface area contributed by atoms with Gasteiger partial charge in [0.2, 0.25) is 17.2 Å². The van der Waals surface area contributed by atoms with Crippen molar-refractivity contribution in [3.63, 3.8) is 0 Å². The summed E-state index contributed by atoms with van der Waals surface area (Å²) in [6.07, 6.45) is 0. The molecule has 0 fully saturated rings. The van der Waals surface area contributed by atoms with Crippen molar-refractivity contribution in [2.75, 3.05) is 11.1 Å². The molecular weight excluding hydrogens is 280 g/mol.